The number of piperidine rings is 1. The molecule has 0 unspecified atom stereocenters. The number of nitrogens with one attached hydrogen (secondary N) is 1. The van der Waals surface area contributed by atoms with Gasteiger partial charge in [-0.2, -0.15) is 0 Å². The van der Waals surface area contributed by atoms with Gasteiger partial charge < -0.3 is 5.32 Å². The number of nitrogens with zero attached hydrogens (tertiary/aromatic N) is 1. The molecular weight excluding hydrogens is 239 g/mol. The first kappa shape index (κ1) is 13.1. The fourth-order valence-electron chi connectivity index (χ4n) is 3.00. The molecule has 3 rings (SSSR count). The van der Waals surface area contributed by atoms with Gasteiger partial charge in [-0.25, -0.2) is 4.39 Å². The molecule has 1 heterocycles. The van der Waals surface area contributed by atoms with E-state index in [1.807, 2.05) is 12.1 Å². The van der Waals surface area contributed by atoms with Crippen LogP contribution in [0.3, 0.4) is 0 Å². The zero-order chi connectivity index (χ0) is 13.1. The van der Waals surface area contributed by atoms with E-state index >= 15 is 0 Å². The second kappa shape index (κ2) is 6.02. The van der Waals surface area contributed by atoms with E-state index < -0.39 is 0 Å². The maximum absolute atomic E-state index is 12.9. The Morgan fingerprint density at radius 3 is 2.37 bits per heavy atom. The molecule has 104 valence electrons. The molecule has 1 aliphatic carbocycles. The van der Waals surface area contributed by atoms with E-state index in [-0.39, 0.29) is 5.82 Å². The Labute approximate surface area is 115 Å². The molecule has 19 heavy (non-hydrogen) atoms. The summed E-state index contributed by atoms with van der Waals surface area (Å²) < 4.78 is 12.9. The van der Waals surface area contributed by atoms with Crippen LogP contribution in [0.5, 0.6) is 0 Å². The Morgan fingerprint density at radius 1 is 1.05 bits per heavy atom. The van der Waals surface area contributed by atoms with E-state index in [1.54, 1.807) is 12.1 Å². The second-order valence-corrected chi connectivity index (χ2v) is 5.98. The summed E-state index contributed by atoms with van der Waals surface area (Å²) in [6.45, 7) is 4.53. The first-order chi connectivity index (χ1) is 9.31. The predicted octanol–water partition coefficient (Wildman–Crippen LogP) is 2.79. The second-order valence-electron chi connectivity index (χ2n) is 5.98. The van der Waals surface area contributed by atoms with E-state index in [1.165, 1.54) is 50.9 Å². The van der Waals surface area contributed by atoms with Gasteiger partial charge in [0.25, 0.3) is 0 Å². The molecule has 1 N–H and O–H groups in total. The number of benzene rings is 1. The van der Waals surface area contributed by atoms with Crippen LogP contribution in [0.2, 0.25) is 0 Å². The molecule has 2 aliphatic rings. The molecule has 1 aliphatic heterocycles. The highest BCUT2D eigenvalue weighted by molar-refractivity contribution is 5.16. The van der Waals surface area contributed by atoms with Gasteiger partial charge in [0.15, 0.2) is 0 Å². The molecule has 2 fully saturated rings. The fraction of sp³-hybridized carbons (Fsp3) is 0.625. The zero-order valence-electron chi connectivity index (χ0n) is 11.4. The maximum Gasteiger partial charge on any atom is 0.123 e. The first-order valence-electron chi connectivity index (χ1n) is 7.50. The van der Waals surface area contributed by atoms with Gasteiger partial charge in [-0.05, 0) is 62.4 Å². The summed E-state index contributed by atoms with van der Waals surface area (Å²) in [5.74, 6) is 0.697. The fourth-order valence-corrected chi connectivity index (χ4v) is 3.00. The minimum Gasteiger partial charge on any atom is -0.317 e. The lowest BCUT2D eigenvalue weighted by atomic mass is 9.97. The van der Waals surface area contributed by atoms with Gasteiger partial charge in [0.2, 0.25) is 0 Å². The Balaban J connectivity index is 1.59. The van der Waals surface area contributed by atoms with E-state index in [0.29, 0.717) is 0 Å². The van der Waals surface area contributed by atoms with Crippen LogP contribution in [0.4, 0.5) is 4.39 Å². The van der Waals surface area contributed by atoms with Crippen LogP contribution in [-0.2, 0) is 6.54 Å². The average Bonchev–Trinajstić information content (AvgIpc) is 3.26. The molecular formula is C16H23FN2. The van der Waals surface area contributed by atoms with Crippen molar-refractivity contribution in [3.63, 3.8) is 0 Å². The molecule has 1 aromatic rings. The Bertz CT molecular complexity index is 394. The molecule has 0 atom stereocenters. The van der Waals surface area contributed by atoms with Gasteiger partial charge in [-0.1, -0.05) is 12.1 Å². The SMILES string of the molecule is Fc1ccc(CN(CC2CCNCC2)C2CC2)cc1. The van der Waals surface area contributed by atoms with Crippen molar-refractivity contribution in [1.82, 2.24) is 10.2 Å². The first-order valence-corrected chi connectivity index (χ1v) is 7.50. The van der Waals surface area contributed by atoms with Crippen LogP contribution in [-0.4, -0.2) is 30.6 Å². The van der Waals surface area contributed by atoms with Gasteiger partial charge in [0.05, 0.1) is 0 Å². The summed E-state index contributed by atoms with van der Waals surface area (Å²) in [6.07, 6.45) is 5.28. The van der Waals surface area contributed by atoms with Crippen LogP contribution < -0.4 is 5.32 Å². The van der Waals surface area contributed by atoms with Crippen molar-refractivity contribution in [2.45, 2.75) is 38.3 Å². The third-order valence-corrected chi connectivity index (χ3v) is 4.31. The Kier molecular flexibility index (Phi) is 4.14. The normalized spacial score (nSPS) is 20.9. The van der Waals surface area contributed by atoms with E-state index in [0.717, 1.165) is 18.5 Å². The minimum absolute atomic E-state index is 0.139. The smallest absolute Gasteiger partial charge is 0.123 e. The van der Waals surface area contributed by atoms with Gasteiger partial charge >= 0.3 is 0 Å². The van der Waals surface area contributed by atoms with Crippen molar-refractivity contribution >= 4 is 0 Å². The van der Waals surface area contributed by atoms with Crippen molar-refractivity contribution in [2.24, 2.45) is 5.92 Å². The maximum atomic E-state index is 12.9. The zero-order valence-corrected chi connectivity index (χ0v) is 11.4. The molecule has 1 saturated heterocycles. The summed E-state index contributed by atoms with van der Waals surface area (Å²) >= 11 is 0. The Hall–Kier alpha value is -0.930. The van der Waals surface area contributed by atoms with Gasteiger partial charge in [-0.3, -0.25) is 4.90 Å². The Morgan fingerprint density at radius 2 is 1.74 bits per heavy atom. The lowest BCUT2D eigenvalue weighted by Gasteiger charge is -2.30. The topological polar surface area (TPSA) is 15.3 Å². The lowest BCUT2D eigenvalue weighted by Crippen LogP contribution is -2.37. The third kappa shape index (κ3) is 3.77. The molecule has 2 nitrogen and oxygen atoms in total. The van der Waals surface area contributed by atoms with Crippen molar-refractivity contribution in [3.05, 3.63) is 35.6 Å². The van der Waals surface area contributed by atoms with Crippen molar-refractivity contribution in [3.8, 4) is 0 Å². The number of hydrogen-bond donors (Lipinski definition) is 1. The lowest BCUT2D eigenvalue weighted by molar-refractivity contribution is 0.190. The monoisotopic (exact) mass is 262 g/mol. The molecule has 1 saturated carbocycles. The van der Waals surface area contributed by atoms with Crippen molar-refractivity contribution in [2.75, 3.05) is 19.6 Å². The van der Waals surface area contributed by atoms with Gasteiger partial charge in [0.1, 0.15) is 5.82 Å². The summed E-state index contributed by atoms with van der Waals surface area (Å²) in [7, 11) is 0. The summed E-state index contributed by atoms with van der Waals surface area (Å²) in [6, 6.07) is 7.77. The van der Waals surface area contributed by atoms with Crippen LogP contribution in [0.15, 0.2) is 24.3 Å². The summed E-state index contributed by atoms with van der Waals surface area (Å²) in [5.41, 5.74) is 1.24. The standard InChI is InChI=1S/C16H23FN2/c17-15-3-1-13(2-4-15)11-19(16-5-6-16)12-14-7-9-18-10-8-14/h1-4,14,16,18H,5-12H2. The molecule has 0 amide bonds. The van der Waals surface area contributed by atoms with Gasteiger partial charge in [0, 0.05) is 19.1 Å². The van der Waals surface area contributed by atoms with E-state index in [4.69, 9.17) is 0 Å². The van der Waals surface area contributed by atoms with Crippen LogP contribution in [0, 0.1) is 11.7 Å². The molecule has 0 bridgehead atoms. The van der Waals surface area contributed by atoms with E-state index in [2.05, 4.69) is 10.2 Å². The summed E-state index contributed by atoms with van der Waals surface area (Å²) in [5, 5.41) is 3.43. The largest absolute Gasteiger partial charge is 0.317 e. The number of halogens is 1. The molecule has 0 spiro atoms. The third-order valence-electron chi connectivity index (χ3n) is 4.31. The molecule has 3 heteroatoms. The van der Waals surface area contributed by atoms with Gasteiger partial charge in [-0.15, -0.1) is 0 Å². The van der Waals surface area contributed by atoms with Crippen LogP contribution in [0.25, 0.3) is 0 Å². The van der Waals surface area contributed by atoms with Crippen LogP contribution >= 0.6 is 0 Å². The van der Waals surface area contributed by atoms with E-state index in [9.17, 15) is 4.39 Å². The highest BCUT2D eigenvalue weighted by atomic mass is 19.1. The predicted molar refractivity (Wildman–Crippen MR) is 75.4 cm³/mol. The molecule has 0 aromatic heterocycles. The minimum atomic E-state index is -0.139. The number of rotatable bonds is 5. The summed E-state index contributed by atoms with van der Waals surface area (Å²) in [4.78, 5) is 2.61. The quantitative estimate of drug-likeness (QED) is 0.878. The van der Waals surface area contributed by atoms with Crippen LogP contribution in [0.1, 0.15) is 31.2 Å². The average molecular weight is 262 g/mol. The molecule has 0 radical (unpaired) electrons. The van der Waals surface area contributed by atoms with Crippen molar-refractivity contribution in [1.29, 1.82) is 0 Å². The highest BCUT2D eigenvalue weighted by Crippen LogP contribution is 2.30. The van der Waals surface area contributed by atoms with Crippen molar-refractivity contribution < 1.29 is 4.39 Å². The number of hydrogen-bond acceptors (Lipinski definition) is 2. The molecule has 1 aromatic carbocycles. The highest BCUT2D eigenvalue weighted by Gasteiger charge is 2.30.